The van der Waals surface area contributed by atoms with Crippen LogP contribution in [0.4, 0.5) is 17.5 Å². The highest BCUT2D eigenvalue weighted by Crippen LogP contribution is 2.26. The van der Waals surface area contributed by atoms with E-state index in [1.165, 1.54) is 11.1 Å². The SMILES string of the molecule is C=C(C)/C=C(C)\C=C(\C)CNc1nc(Nc2ccc(C#N)cc2)nc2c1ccn2Cc1ccccc1. The van der Waals surface area contributed by atoms with Crippen molar-refractivity contribution in [3.8, 4) is 6.07 Å². The van der Waals surface area contributed by atoms with Gasteiger partial charge in [-0.3, -0.25) is 0 Å². The molecule has 0 amide bonds. The van der Waals surface area contributed by atoms with E-state index in [1.54, 1.807) is 12.1 Å². The highest BCUT2D eigenvalue weighted by atomic mass is 15.2. The van der Waals surface area contributed by atoms with Crippen LogP contribution in [0.1, 0.15) is 31.9 Å². The fourth-order valence-electron chi connectivity index (χ4n) is 4.01. The van der Waals surface area contributed by atoms with Gasteiger partial charge in [0.05, 0.1) is 17.0 Å². The smallest absolute Gasteiger partial charge is 0.231 e. The second kappa shape index (κ2) is 11.2. The minimum absolute atomic E-state index is 0.489. The third-order valence-electron chi connectivity index (χ3n) is 5.57. The summed E-state index contributed by atoms with van der Waals surface area (Å²) in [7, 11) is 0. The summed E-state index contributed by atoms with van der Waals surface area (Å²) in [6.45, 7) is 11.5. The number of allylic oxidation sites excluding steroid dienone is 4. The predicted octanol–water partition coefficient (Wildman–Crippen LogP) is 6.98. The van der Waals surface area contributed by atoms with Crippen LogP contribution >= 0.6 is 0 Å². The maximum absolute atomic E-state index is 9.08. The zero-order valence-corrected chi connectivity index (χ0v) is 20.9. The molecule has 0 aliphatic heterocycles. The van der Waals surface area contributed by atoms with Gasteiger partial charge in [-0.05, 0) is 56.7 Å². The summed E-state index contributed by atoms with van der Waals surface area (Å²) in [6.07, 6.45) is 6.26. The standard InChI is InChI=1S/C30H30N6/c1-21(2)16-22(3)17-23(4)19-32-28-27-14-15-36(20-25-8-6-5-7-9-25)29(27)35-30(34-28)33-26-12-10-24(18-31)11-13-26/h5-17H,1,19-20H2,2-4H3,(H2,32,33,34,35)/b22-16-,23-17-. The number of hydrogen-bond acceptors (Lipinski definition) is 5. The van der Waals surface area contributed by atoms with E-state index in [0.717, 1.165) is 33.7 Å². The van der Waals surface area contributed by atoms with E-state index in [0.29, 0.717) is 24.6 Å². The summed E-state index contributed by atoms with van der Waals surface area (Å²) in [5.74, 6) is 1.25. The Morgan fingerprint density at radius 1 is 1.00 bits per heavy atom. The molecule has 0 aliphatic carbocycles. The van der Waals surface area contributed by atoms with E-state index in [1.807, 2.05) is 43.5 Å². The molecule has 2 heterocycles. The van der Waals surface area contributed by atoms with E-state index in [4.69, 9.17) is 15.2 Å². The van der Waals surface area contributed by atoms with Crippen LogP contribution in [0.3, 0.4) is 0 Å². The summed E-state index contributed by atoms with van der Waals surface area (Å²) in [5.41, 5.74) is 6.83. The lowest BCUT2D eigenvalue weighted by Crippen LogP contribution is -2.09. The molecule has 2 N–H and O–H groups in total. The summed E-state index contributed by atoms with van der Waals surface area (Å²) in [6, 6.07) is 21.8. The summed E-state index contributed by atoms with van der Waals surface area (Å²) in [4.78, 5) is 9.63. The van der Waals surface area contributed by atoms with Crippen molar-refractivity contribution >= 4 is 28.5 Å². The largest absolute Gasteiger partial charge is 0.366 e. The van der Waals surface area contributed by atoms with Gasteiger partial charge in [0.15, 0.2) is 0 Å². The maximum Gasteiger partial charge on any atom is 0.231 e. The number of anilines is 3. The maximum atomic E-state index is 9.08. The van der Waals surface area contributed by atoms with Crippen molar-refractivity contribution < 1.29 is 0 Å². The zero-order chi connectivity index (χ0) is 25.5. The molecule has 36 heavy (non-hydrogen) atoms. The molecule has 0 radical (unpaired) electrons. The van der Waals surface area contributed by atoms with Gasteiger partial charge in [-0.15, -0.1) is 0 Å². The van der Waals surface area contributed by atoms with Crippen molar-refractivity contribution in [2.45, 2.75) is 27.3 Å². The Kier molecular flexibility index (Phi) is 7.62. The van der Waals surface area contributed by atoms with Gasteiger partial charge in [-0.25, -0.2) is 0 Å². The average molecular weight is 475 g/mol. The number of nitrogens with zero attached hydrogens (tertiary/aromatic N) is 4. The summed E-state index contributed by atoms with van der Waals surface area (Å²) in [5, 5.41) is 16.8. The van der Waals surface area contributed by atoms with E-state index >= 15 is 0 Å². The van der Waals surface area contributed by atoms with E-state index in [2.05, 4.69) is 72.0 Å². The van der Waals surface area contributed by atoms with Crippen LogP contribution in [0.25, 0.3) is 11.0 Å². The lowest BCUT2D eigenvalue weighted by molar-refractivity contribution is 0.824. The van der Waals surface area contributed by atoms with Crippen LogP contribution in [-0.4, -0.2) is 21.1 Å². The molecule has 0 aliphatic rings. The molecule has 180 valence electrons. The Morgan fingerprint density at radius 2 is 1.75 bits per heavy atom. The van der Waals surface area contributed by atoms with Crippen LogP contribution < -0.4 is 10.6 Å². The molecule has 4 rings (SSSR count). The first kappa shape index (κ1) is 24.5. The van der Waals surface area contributed by atoms with Crippen LogP contribution in [-0.2, 0) is 6.54 Å². The Balaban J connectivity index is 1.67. The normalized spacial score (nSPS) is 11.8. The first-order valence-corrected chi connectivity index (χ1v) is 11.8. The molecule has 0 saturated carbocycles. The predicted molar refractivity (Wildman–Crippen MR) is 148 cm³/mol. The van der Waals surface area contributed by atoms with Crippen LogP contribution in [0.2, 0.25) is 0 Å². The van der Waals surface area contributed by atoms with Crippen molar-refractivity contribution in [1.82, 2.24) is 14.5 Å². The molecule has 0 spiro atoms. The minimum atomic E-state index is 0.489. The quantitative estimate of drug-likeness (QED) is 0.256. The number of hydrogen-bond donors (Lipinski definition) is 2. The average Bonchev–Trinajstić information content (AvgIpc) is 3.25. The van der Waals surface area contributed by atoms with Crippen molar-refractivity contribution in [2.75, 3.05) is 17.2 Å². The fourth-order valence-corrected chi connectivity index (χ4v) is 4.01. The summed E-state index contributed by atoms with van der Waals surface area (Å²) < 4.78 is 2.13. The zero-order valence-electron chi connectivity index (χ0n) is 20.9. The van der Waals surface area contributed by atoms with Crippen LogP contribution in [0, 0.1) is 11.3 Å². The van der Waals surface area contributed by atoms with Gasteiger partial charge in [0.2, 0.25) is 5.95 Å². The lowest BCUT2D eigenvalue weighted by Gasteiger charge is -2.12. The molecular formula is C30H30N6. The molecule has 4 aromatic rings. The van der Waals surface area contributed by atoms with Crippen LogP contribution in [0.5, 0.6) is 0 Å². The van der Waals surface area contributed by atoms with Gasteiger partial charge in [0.25, 0.3) is 0 Å². The lowest BCUT2D eigenvalue weighted by atomic mass is 10.1. The second-order valence-electron chi connectivity index (χ2n) is 8.96. The molecular weight excluding hydrogens is 444 g/mol. The van der Waals surface area contributed by atoms with Gasteiger partial charge in [0, 0.05) is 25.0 Å². The molecule has 0 saturated heterocycles. The number of rotatable bonds is 9. The number of fused-ring (bicyclic) bond motifs is 1. The Hall–Kier alpha value is -4.63. The van der Waals surface area contributed by atoms with E-state index in [-0.39, 0.29) is 0 Å². The molecule has 0 unspecified atom stereocenters. The topological polar surface area (TPSA) is 78.6 Å². The molecule has 2 aromatic heterocycles. The molecule has 6 nitrogen and oxygen atoms in total. The first-order valence-electron chi connectivity index (χ1n) is 11.8. The minimum Gasteiger partial charge on any atom is -0.366 e. The van der Waals surface area contributed by atoms with Crippen molar-refractivity contribution in [1.29, 1.82) is 5.26 Å². The van der Waals surface area contributed by atoms with Crippen molar-refractivity contribution in [3.05, 3.63) is 113 Å². The highest BCUT2D eigenvalue weighted by Gasteiger charge is 2.13. The second-order valence-corrected chi connectivity index (χ2v) is 8.96. The Bertz CT molecular complexity index is 1470. The van der Waals surface area contributed by atoms with Gasteiger partial charge in [-0.1, -0.05) is 65.8 Å². The van der Waals surface area contributed by atoms with E-state index < -0.39 is 0 Å². The number of nitrogens with one attached hydrogen (secondary N) is 2. The van der Waals surface area contributed by atoms with Gasteiger partial charge >= 0.3 is 0 Å². The molecule has 0 bridgehead atoms. The fraction of sp³-hybridized carbons (Fsp3) is 0.167. The number of aromatic nitrogens is 3. The van der Waals surface area contributed by atoms with E-state index in [9.17, 15) is 0 Å². The van der Waals surface area contributed by atoms with Crippen LogP contribution in [0.15, 0.2) is 102 Å². The van der Waals surface area contributed by atoms with Crippen molar-refractivity contribution in [3.63, 3.8) is 0 Å². The Labute approximate surface area is 212 Å². The first-order chi connectivity index (χ1) is 17.4. The van der Waals surface area contributed by atoms with Gasteiger partial charge < -0.3 is 15.2 Å². The Morgan fingerprint density at radius 3 is 2.44 bits per heavy atom. The molecule has 0 fully saturated rings. The highest BCUT2D eigenvalue weighted by molar-refractivity contribution is 5.89. The van der Waals surface area contributed by atoms with Crippen molar-refractivity contribution in [2.24, 2.45) is 0 Å². The third-order valence-corrected chi connectivity index (χ3v) is 5.57. The monoisotopic (exact) mass is 474 g/mol. The third kappa shape index (κ3) is 6.28. The molecule has 0 atom stereocenters. The summed E-state index contributed by atoms with van der Waals surface area (Å²) >= 11 is 0. The van der Waals surface area contributed by atoms with Gasteiger partial charge in [0.1, 0.15) is 11.5 Å². The molecule has 2 aromatic carbocycles. The number of benzene rings is 2. The van der Waals surface area contributed by atoms with Gasteiger partial charge in [-0.2, -0.15) is 15.2 Å². The molecule has 6 heteroatoms. The number of nitriles is 1.